The standard InChI is InChI=1S/C13H18N6O/c1-9-6-10(2)19(18-9)5-3-4-16-12-8-15-7-11(17-12)13(14)20/h6-8H,3-5H2,1-2H3,(H2,14,20)(H,16,17). The summed E-state index contributed by atoms with van der Waals surface area (Å²) in [7, 11) is 0. The smallest absolute Gasteiger partial charge is 0.268 e. The molecule has 7 nitrogen and oxygen atoms in total. The summed E-state index contributed by atoms with van der Waals surface area (Å²) in [6, 6.07) is 2.05. The molecule has 0 unspecified atom stereocenters. The lowest BCUT2D eigenvalue weighted by atomic mass is 10.4. The number of nitrogens with one attached hydrogen (secondary N) is 1. The topological polar surface area (TPSA) is 98.7 Å². The van der Waals surface area contributed by atoms with E-state index in [1.807, 2.05) is 18.5 Å². The molecule has 0 spiro atoms. The molecule has 0 aliphatic rings. The Morgan fingerprint density at radius 3 is 2.85 bits per heavy atom. The van der Waals surface area contributed by atoms with E-state index in [9.17, 15) is 4.79 Å². The molecule has 0 fully saturated rings. The Balaban J connectivity index is 1.83. The van der Waals surface area contributed by atoms with Gasteiger partial charge in [0.05, 0.1) is 18.1 Å². The summed E-state index contributed by atoms with van der Waals surface area (Å²) < 4.78 is 1.97. The fourth-order valence-electron chi connectivity index (χ4n) is 1.92. The average Bonchev–Trinajstić information content (AvgIpc) is 2.73. The van der Waals surface area contributed by atoms with Gasteiger partial charge in [-0.05, 0) is 26.3 Å². The molecule has 7 heteroatoms. The van der Waals surface area contributed by atoms with Crippen molar-refractivity contribution < 1.29 is 4.79 Å². The zero-order valence-electron chi connectivity index (χ0n) is 11.6. The molecule has 0 aromatic carbocycles. The highest BCUT2D eigenvalue weighted by Gasteiger charge is 2.04. The number of primary amides is 1. The number of rotatable bonds is 6. The zero-order chi connectivity index (χ0) is 14.5. The first kappa shape index (κ1) is 14.0. The third-order valence-electron chi connectivity index (χ3n) is 2.84. The number of anilines is 1. The quantitative estimate of drug-likeness (QED) is 0.762. The Hall–Kier alpha value is -2.44. The van der Waals surface area contributed by atoms with Gasteiger partial charge in [-0.2, -0.15) is 5.10 Å². The second-order valence-corrected chi connectivity index (χ2v) is 4.58. The van der Waals surface area contributed by atoms with E-state index in [-0.39, 0.29) is 5.69 Å². The molecule has 0 radical (unpaired) electrons. The first-order chi connectivity index (χ1) is 9.56. The van der Waals surface area contributed by atoms with Crippen molar-refractivity contribution in [3.63, 3.8) is 0 Å². The molecule has 2 heterocycles. The number of aryl methyl sites for hydroxylation is 3. The summed E-state index contributed by atoms with van der Waals surface area (Å²) in [6.45, 7) is 5.56. The van der Waals surface area contributed by atoms with E-state index in [0.29, 0.717) is 5.82 Å². The largest absolute Gasteiger partial charge is 0.369 e. The van der Waals surface area contributed by atoms with Crippen LogP contribution < -0.4 is 11.1 Å². The van der Waals surface area contributed by atoms with Crippen LogP contribution in [0.1, 0.15) is 28.3 Å². The van der Waals surface area contributed by atoms with Gasteiger partial charge in [0.2, 0.25) is 0 Å². The number of carbonyl (C=O) groups excluding carboxylic acids is 1. The van der Waals surface area contributed by atoms with Gasteiger partial charge in [-0.15, -0.1) is 0 Å². The Kier molecular flexibility index (Phi) is 4.29. The van der Waals surface area contributed by atoms with Crippen molar-refractivity contribution in [1.82, 2.24) is 19.7 Å². The Morgan fingerprint density at radius 2 is 2.20 bits per heavy atom. The minimum atomic E-state index is -0.580. The number of aromatic nitrogens is 4. The Labute approximate surface area is 117 Å². The number of nitrogens with zero attached hydrogens (tertiary/aromatic N) is 4. The third-order valence-corrected chi connectivity index (χ3v) is 2.84. The molecule has 0 saturated heterocycles. The van der Waals surface area contributed by atoms with Gasteiger partial charge in [-0.25, -0.2) is 4.98 Å². The van der Waals surface area contributed by atoms with Crippen LogP contribution in [-0.2, 0) is 6.54 Å². The van der Waals surface area contributed by atoms with Crippen molar-refractivity contribution >= 4 is 11.7 Å². The normalized spacial score (nSPS) is 10.5. The summed E-state index contributed by atoms with van der Waals surface area (Å²) in [4.78, 5) is 19.0. The molecule has 2 aromatic rings. The Morgan fingerprint density at radius 1 is 1.40 bits per heavy atom. The molecule has 0 aliphatic carbocycles. The average molecular weight is 274 g/mol. The number of carbonyl (C=O) groups is 1. The minimum Gasteiger partial charge on any atom is -0.369 e. The van der Waals surface area contributed by atoms with Gasteiger partial charge in [0.25, 0.3) is 5.91 Å². The van der Waals surface area contributed by atoms with Gasteiger partial charge >= 0.3 is 0 Å². The lowest BCUT2D eigenvalue weighted by Gasteiger charge is -2.07. The van der Waals surface area contributed by atoms with E-state index in [1.54, 1.807) is 6.20 Å². The number of nitrogens with two attached hydrogens (primary N) is 1. The second-order valence-electron chi connectivity index (χ2n) is 4.58. The highest BCUT2D eigenvalue weighted by Crippen LogP contribution is 2.04. The van der Waals surface area contributed by atoms with Crippen LogP contribution in [0.25, 0.3) is 0 Å². The molecule has 1 amide bonds. The van der Waals surface area contributed by atoms with Gasteiger partial charge in [0.1, 0.15) is 11.5 Å². The molecule has 2 aromatic heterocycles. The molecule has 0 bridgehead atoms. The van der Waals surface area contributed by atoms with Crippen molar-refractivity contribution in [3.05, 3.63) is 35.5 Å². The SMILES string of the molecule is Cc1cc(C)n(CCCNc2cncc(C(N)=O)n2)n1. The monoisotopic (exact) mass is 274 g/mol. The predicted molar refractivity (Wildman–Crippen MR) is 75.4 cm³/mol. The van der Waals surface area contributed by atoms with Crippen molar-refractivity contribution in [1.29, 1.82) is 0 Å². The van der Waals surface area contributed by atoms with Crippen LogP contribution >= 0.6 is 0 Å². The van der Waals surface area contributed by atoms with E-state index < -0.39 is 5.91 Å². The van der Waals surface area contributed by atoms with E-state index in [1.165, 1.54) is 6.20 Å². The molecular formula is C13H18N6O. The van der Waals surface area contributed by atoms with Gasteiger partial charge in [0.15, 0.2) is 0 Å². The van der Waals surface area contributed by atoms with Crippen molar-refractivity contribution in [2.24, 2.45) is 5.73 Å². The lowest BCUT2D eigenvalue weighted by Crippen LogP contribution is -2.15. The molecule has 0 aliphatic heterocycles. The van der Waals surface area contributed by atoms with Crippen LogP contribution in [0.5, 0.6) is 0 Å². The molecule has 0 atom stereocenters. The van der Waals surface area contributed by atoms with Gasteiger partial charge in [-0.1, -0.05) is 0 Å². The van der Waals surface area contributed by atoms with E-state index in [2.05, 4.69) is 26.4 Å². The van der Waals surface area contributed by atoms with Gasteiger partial charge in [-0.3, -0.25) is 14.5 Å². The fraction of sp³-hybridized carbons (Fsp3) is 0.385. The Bertz CT molecular complexity index is 607. The van der Waals surface area contributed by atoms with Crippen LogP contribution in [0.4, 0.5) is 5.82 Å². The number of amides is 1. The first-order valence-corrected chi connectivity index (χ1v) is 6.43. The van der Waals surface area contributed by atoms with Crippen molar-refractivity contribution in [2.45, 2.75) is 26.8 Å². The van der Waals surface area contributed by atoms with Gasteiger partial charge < -0.3 is 11.1 Å². The van der Waals surface area contributed by atoms with Crippen LogP contribution in [0.2, 0.25) is 0 Å². The maximum Gasteiger partial charge on any atom is 0.268 e. The van der Waals surface area contributed by atoms with Crippen LogP contribution in [-0.4, -0.2) is 32.2 Å². The highest BCUT2D eigenvalue weighted by atomic mass is 16.1. The summed E-state index contributed by atoms with van der Waals surface area (Å²) in [6.07, 6.45) is 3.81. The molecule has 20 heavy (non-hydrogen) atoms. The van der Waals surface area contributed by atoms with E-state index in [4.69, 9.17) is 5.73 Å². The predicted octanol–water partition coefficient (Wildman–Crippen LogP) is 0.891. The summed E-state index contributed by atoms with van der Waals surface area (Å²) in [5, 5.41) is 7.51. The summed E-state index contributed by atoms with van der Waals surface area (Å²) in [5.41, 5.74) is 7.49. The molecule has 2 rings (SSSR count). The summed E-state index contributed by atoms with van der Waals surface area (Å²) in [5.74, 6) is -0.0292. The molecule has 106 valence electrons. The summed E-state index contributed by atoms with van der Waals surface area (Å²) >= 11 is 0. The lowest BCUT2D eigenvalue weighted by molar-refractivity contribution is 0.0995. The van der Waals surface area contributed by atoms with Crippen LogP contribution in [0.3, 0.4) is 0 Å². The maximum absolute atomic E-state index is 11.0. The van der Waals surface area contributed by atoms with Crippen molar-refractivity contribution in [2.75, 3.05) is 11.9 Å². The number of hydrogen-bond donors (Lipinski definition) is 2. The molecular weight excluding hydrogens is 256 g/mol. The zero-order valence-corrected chi connectivity index (χ0v) is 11.6. The van der Waals surface area contributed by atoms with Crippen LogP contribution in [0.15, 0.2) is 18.5 Å². The van der Waals surface area contributed by atoms with Crippen LogP contribution in [0, 0.1) is 13.8 Å². The first-order valence-electron chi connectivity index (χ1n) is 6.43. The van der Waals surface area contributed by atoms with E-state index >= 15 is 0 Å². The molecule has 3 N–H and O–H groups in total. The number of hydrogen-bond acceptors (Lipinski definition) is 5. The fourth-order valence-corrected chi connectivity index (χ4v) is 1.92. The van der Waals surface area contributed by atoms with E-state index in [0.717, 1.165) is 30.9 Å². The second kappa shape index (κ2) is 6.14. The maximum atomic E-state index is 11.0. The highest BCUT2D eigenvalue weighted by molar-refractivity contribution is 5.90. The molecule has 0 saturated carbocycles. The third kappa shape index (κ3) is 3.53. The minimum absolute atomic E-state index is 0.161. The van der Waals surface area contributed by atoms with Crippen molar-refractivity contribution in [3.8, 4) is 0 Å². The van der Waals surface area contributed by atoms with Gasteiger partial charge in [0, 0.05) is 18.8 Å².